The van der Waals surface area contributed by atoms with E-state index in [9.17, 15) is 18.5 Å². The van der Waals surface area contributed by atoms with E-state index in [1.54, 1.807) is 66.2 Å². The van der Waals surface area contributed by atoms with E-state index in [-0.39, 0.29) is 11.5 Å². The number of imidazole rings is 1. The van der Waals surface area contributed by atoms with E-state index < -0.39 is 7.14 Å². The highest BCUT2D eigenvalue weighted by Gasteiger charge is 2.28. The maximum absolute atomic E-state index is 14.4. The quantitative estimate of drug-likeness (QED) is 0.215. The van der Waals surface area contributed by atoms with Gasteiger partial charge in [-0.25, -0.2) is 13.9 Å². The number of aromatic nitrogens is 4. The highest BCUT2D eigenvalue weighted by atomic mass is 31.2. The molecule has 0 fully saturated rings. The molecule has 39 heavy (non-hydrogen) atoms. The van der Waals surface area contributed by atoms with Crippen LogP contribution in [0.1, 0.15) is 36.2 Å². The van der Waals surface area contributed by atoms with E-state index in [1.807, 2.05) is 13.8 Å². The van der Waals surface area contributed by atoms with Crippen LogP contribution in [0, 0.1) is 19.7 Å². The van der Waals surface area contributed by atoms with Gasteiger partial charge in [-0.3, -0.25) is 13.9 Å². The first-order chi connectivity index (χ1) is 18.6. The van der Waals surface area contributed by atoms with Crippen molar-refractivity contribution in [1.29, 1.82) is 0 Å². The van der Waals surface area contributed by atoms with Crippen molar-refractivity contribution < 1.29 is 13.8 Å². The highest BCUT2D eigenvalue weighted by molar-refractivity contribution is 7.71. The molecule has 2 N–H and O–H groups in total. The molecule has 204 valence electrons. The number of hydrogen-bond acceptors (Lipinski definition) is 5. The van der Waals surface area contributed by atoms with E-state index in [0.29, 0.717) is 71.1 Å². The minimum Gasteiger partial charge on any atom is -0.398 e. The van der Waals surface area contributed by atoms with Gasteiger partial charge in [-0.05, 0) is 55.3 Å². The second kappa shape index (κ2) is 10.0. The number of rotatable bonds is 7. The van der Waals surface area contributed by atoms with Crippen LogP contribution in [0.15, 0.2) is 47.5 Å². The van der Waals surface area contributed by atoms with Gasteiger partial charge in [0.2, 0.25) is 6.41 Å². The van der Waals surface area contributed by atoms with Crippen molar-refractivity contribution in [2.24, 2.45) is 0 Å². The summed E-state index contributed by atoms with van der Waals surface area (Å²) in [6.07, 6.45) is 5.64. The Morgan fingerprint density at radius 2 is 1.72 bits per heavy atom. The molecule has 2 aromatic heterocycles. The van der Waals surface area contributed by atoms with Gasteiger partial charge in [-0.2, -0.15) is 5.10 Å². The molecule has 0 bridgehead atoms. The number of nitrogen functional groups attached to an aromatic ring is 1. The van der Waals surface area contributed by atoms with Gasteiger partial charge in [0.1, 0.15) is 18.8 Å². The smallest absolute Gasteiger partial charge is 0.338 e. The monoisotopic (exact) mass is 550 g/mol. The molecule has 0 saturated heterocycles. The Labute approximate surface area is 226 Å². The first kappa shape index (κ1) is 26.7. The van der Waals surface area contributed by atoms with Crippen LogP contribution in [0.25, 0.3) is 17.2 Å². The molecular weight excluding hydrogens is 518 g/mol. The first-order valence-electron chi connectivity index (χ1n) is 13.0. The third kappa shape index (κ3) is 4.42. The van der Waals surface area contributed by atoms with Crippen LogP contribution in [0.4, 0.5) is 10.1 Å². The topological polar surface area (TPSA) is 108 Å². The van der Waals surface area contributed by atoms with Crippen molar-refractivity contribution in [3.63, 3.8) is 0 Å². The zero-order valence-electron chi connectivity index (χ0n) is 22.5. The van der Waals surface area contributed by atoms with Gasteiger partial charge in [-0.1, -0.05) is 13.8 Å². The molecule has 0 radical (unpaired) electrons. The number of nitrogens with two attached hydrogens (primary N) is 1. The van der Waals surface area contributed by atoms with Crippen LogP contribution >= 0.6 is 7.14 Å². The van der Waals surface area contributed by atoms with Crippen molar-refractivity contribution in [1.82, 2.24) is 23.8 Å². The van der Waals surface area contributed by atoms with E-state index in [0.717, 1.165) is 17.7 Å². The van der Waals surface area contributed by atoms with Crippen LogP contribution in [0.3, 0.4) is 0 Å². The number of hydrogen-bond donors (Lipinski definition) is 1. The van der Waals surface area contributed by atoms with Crippen LogP contribution in [0.2, 0.25) is 0 Å². The number of nitrogens with zero attached hydrogens (tertiary/aromatic N) is 5. The first-order valence-corrected chi connectivity index (χ1v) is 15.1. The van der Waals surface area contributed by atoms with Gasteiger partial charge in [0.15, 0.2) is 0 Å². The molecule has 0 atom stereocenters. The van der Waals surface area contributed by atoms with Crippen molar-refractivity contribution in [3.05, 3.63) is 81.4 Å². The van der Waals surface area contributed by atoms with Crippen LogP contribution in [0.5, 0.6) is 0 Å². The molecule has 2 aromatic carbocycles. The number of benzene rings is 2. The van der Waals surface area contributed by atoms with E-state index in [1.165, 1.54) is 9.13 Å². The van der Waals surface area contributed by atoms with Gasteiger partial charge < -0.3 is 15.2 Å². The van der Waals surface area contributed by atoms with Gasteiger partial charge >= 0.3 is 5.69 Å². The van der Waals surface area contributed by atoms with Gasteiger partial charge in [0, 0.05) is 54.2 Å². The second-order valence-corrected chi connectivity index (χ2v) is 13.5. The molecule has 4 aromatic rings. The predicted molar refractivity (Wildman–Crippen MR) is 151 cm³/mol. The Bertz CT molecular complexity index is 1670. The van der Waals surface area contributed by atoms with Crippen LogP contribution < -0.4 is 16.7 Å². The number of halogens is 1. The zero-order valence-corrected chi connectivity index (χ0v) is 23.4. The van der Waals surface area contributed by atoms with Crippen LogP contribution in [-0.4, -0.2) is 49.1 Å². The Hall–Kier alpha value is -3.91. The fourth-order valence-electron chi connectivity index (χ4n) is 5.30. The summed E-state index contributed by atoms with van der Waals surface area (Å²) < 4.78 is 32.3. The molecule has 0 spiro atoms. The number of amides is 1. The average Bonchev–Trinajstić information content (AvgIpc) is 3.50. The molecule has 11 heteroatoms. The molecule has 1 aliphatic heterocycles. The molecular formula is C28H32FN6O3P. The molecule has 1 amide bonds. The van der Waals surface area contributed by atoms with Crippen molar-refractivity contribution in [2.75, 3.05) is 24.6 Å². The SMILES string of the molecule is CCP(=O)(CC)c1ccc(-n2ccn(-c3c4c(nn3-c3cc(C)c(F)c(C)c3)CCN(C=O)C4)c2=O)cc1N. The molecule has 9 nitrogen and oxygen atoms in total. The molecule has 0 aliphatic carbocycles. The summed E-state index contributed by atoms with van der Waals surface area (Å²) in [6, 6.07) is 8.57. The van der Waals surface area contributed by atoms with Gasteiger partial charge in [0.05, 0.1) is 23.6 Å². The fourth-order valence-corrected chi connectivity index (χ4v) is 7.31. The molecule has 3 heterocycles. The molecule has 1 aliphatic rings. The standard InChI is InChI=1S/C28H32FN6O3P/c1-5-39(38,6-2)25-8-7-20(15-23(25)30)33-11-12-34(28(33)37)27-22-16-32(17-36)10-9-24(22)31-35(27)21-13-18(3)26(29)19(4)14-21/h7-8,11-15,17H,5-6,9-10,16,30H2,1-4H3. The van der Waals surface area contributed by atoms with Crippen molar-refractivity contribution >= 4 is 24.5 Å². The Morgan fingerprint density at radius 1 is 1.05 bits per heavy atom. The number of fused-ring (bicyclic) bond motifs is 1. The molecule has 0 saturated carbocycles. The summed E-state index contributed by atoms with van der Waals surface area (Å²) in [4.78, 5) is 27.1. The van der Waals surface area contributed by atoms with E-state index in [4.69, 9.17) is 10.8 Å². The van der Waals surface area contributed by atoms with E-state index >= 15 is 0 Å². The van der Waals surface area contributed by atoms with Crippen molar-refractivity contribution in [3.8, 4) is 17.2 Å². The summed E-state index contributed by atoms with van der Waals surface area (Å²) in [5.41, 5.74) is 10.0. The van der Waals surface area contributed by atoms with Gasteiger partial charge in [-0.15, -0.1) is 0 Å². The van der Waals surface area contributed by atoms with Gasteiger partial charge in [0.25, 0.3) is 0 Å². The summed E-state index contributed by atoms with van der Waals surface area (Å²) >= 11 is 0. The third-order valence-electron chi connectivity index (χ3n) is 7.61. The average molecular weight is 551 g/mol. The van der Waals surface area contributed by atoms with Crippen LogP contribution in [-0.2, 0) is 22.3 Å². The fraction of sp³-hybridized carbons (Fsp3) is 0.321. The molecule has 5 rings (SSSR count). The zero-order chi connectivity index (χ0) is 28.1. The summed E-state index contributed by atoms with van der Waals surface area (Å²) in [6.45, 7) is 7.99. The van der Waals surface area contributed by atoms with E-state index in [2.05, 4.69) is 0 Å². The summed E-state index contributed by atoms with van der Waals surface area (Å²) in [7, 11) is -2.59. The number of anilines is 1. The Morgan fingerprint density at radius 3 is 2.33 bits per heavy atom. The van der Waals surface area contributed by atoms with Crippen molar-refractivity contribution in [2.45, 2.75) is 40.7 Å². The number of carbonyl (C=O) groups excluding carboxylic acids is 1. The molecule has 0 unspecified atom stereocenters. The Kier molecular flexibility index (Phi) is 6.84. The second-order valence-electron chi connectivity index (χ2n) is 9.97. The lowest BCUT2D eigenvalue weighted by Crippen LogP contribution is -2.30. The minimum atomic E-state index is -2.59. The summed E-state index contributed by atoms with van der Waals surface area (Å²) in [5.74, 6) is 0.209. The summed E-state index contributed by atoms with van der Waals surface area (Å²) in [5, 5.41) is 5.44. The normalized spacial score (nSPS) is 13.5. The number of carbonyl (C=O) groups is 1. The maximum Gasteiger partial charge on any atom is 0.338 e. The minimum absolute atomic E-state index is 0.288. The lowest BCUT2D eigenvalue weighted by Gasteiger charge is -2.22. The lowest BCUT2D eigenvalue weighted by molar-refractivity contribution is -0.118. The maximum atomic E-state index is 14.4. The third-order valence-corrected chi connectivity index (χ3v) is 10.9. The predicted octanol–water partition coefficient (Wildman–Crippen LogP) is 3.69. The Balaban J connectivity index is 1.67. The highest BCUT2D eigenvalue weighted by Crippen LogP contribution is 2.45. The lowest BCUT2D eigenvalue weighted by atomic mass is 10.1. The largest absolute Gasteiger partial charge is 0.398 e. The number of aryl methyl sites for hydroxylation is 2.